The molecule has 2 N–H and O–H groups in total. The van der Waals surface area contributed by atoms with Gasteiger partial charge in [0.25, 0.3) is 5.91 Å². The fourth-order valence-corrected chi connectivity index (χ4v) is 2.87. The van der Waals surface area contributed by atoms with Crippen molar-refractivity contribution in [3.05, 3.63) is 57.8 Å². The van der Waals surface area contributed by atoms with Crippen LogP contribution in [-0.2, 0) is 7.05 Å². The number of aromatic hydroxyl groups is 1. The van der Waals surface area contributed by atoms with Gasteiger partial charge in [-0.3, -0.25) is 9.48 Å². The monoisotopic (exact) mass is 386 g/mol. The Balaban J connectivity index is 1.86. The summed E-state index contributed by atoms with van der Waals surface area (Å²) < 4.78 is 2.24. The fourth-order valence-electron chi connectivity index (χ4n) is 2.36. The molecule has 24 heavy (non-hydrogen) atoms. The lowest BCUT2D eigenvalue weighted by atomic mass is 10.0. The molecule has 3 aromatic rings. The van der Waals surface area contributed by atoms with Crippen molar-refractivity contribution >= 4 is 38.8 Å². The van der Waals surface area contributed by atoms with Crippen LogP contribution in [0.1, 0.15) is 21.7 Å². The van der Waals surface area contributed by atoms with Crippen LogP contribution in [0.4, 0.5) is 0 Å². The third-order valence-electron chi connectivity index (χ3n) is 3.78. The van der Waals surface area contributed by atoms with E-state index < -0.39 is 5.91 Å². The highest BCUT2D eigenvalue weighted by molar-refractivity contribution is 9.10. The summed E-state index contributed by atoms with van der Waals surface area (Å²) in [5.41, 5.74) is 4.08. The summed E-state index contributed by atoms with van der Waals surface area (Å²) in [5.74, 6) is -0.330. The number of halogens is 1. The molecule has 0 saturated heterocycles. The number of aryl methyl sites for hydroxylation is 1. The van der Waals surface area contributed by atoms with Gasteiger partial charge in [0.2, 0.25) is 0 Å². The molecule has 0 unspecified atom stereocenters. The Labute approximate surface area is 146 Å². The van der Waals surface area contributed by atoms with Crippen molar-refractivity contribution in [2.45, 2.75) is 6.92 Å². The number of aromatic nitrogens is 2. The summed E-state index contributed by atoms with van der Waals surface area (Å²) in [4.78, 5) is 12.2. The summed E-state index contributed by atoms with van der Waals surface area (Å²) >= 11 is 3.35. The van der Waals surface area contributed by atoms with Crippen LogP contribution in [0.3, 0.4) is 0 Å². The molecule has 0 atom stereocenters. The summed E-state index contributed by atoms with van der Waals surface area (Å²) in [6, 6.07) is 11.1. The third kappa shape index (κ3) is 2.90. The van der Waals surface area contributed by atoms with E-state index in [1.54, 1.807) is 17.8 Å². The SMILES string of the molecule is Cc1c(Br)c(C(=O)N/N=C\c2c(O)ccc3ccccc23)nn1C. The molecule has 0 aliphatic carbocycles. The molecule has 7 heteroatoms. The zero-order chi connectivity index (χ0) is 17.3. The van der Waals surface area contributed by atoms with Gasteiger partial charge in [-0.05, 0) is 39.7 Å². The van der Waals surface area contributed by atoms with E-state index in [0.717, 1.165) is 16.5 Å². The first kappa shape index (κ1) is 16.2. The Morgan fingerprint density at radius 2 is 2.08 bits per heavy atom. The van der Waals surface area contributed by atoms with Crippen LogP contribution in [0.2, 0.25) is 0 Å². The maximum atomic E-state index is 12.2. The smallest absolute Gasteiger partial charge is 0.293 e. The van der Waals surface area contributed by atoms with E-state index in [9.17, 15) is 9.90 Å². The Morgan fingerprint density at radius 3 is 2.79 bits per heavy atom. The molecule has 122 valence electrons. The number of carbonyl (C=O) groups is 1. The number of nitrogens with one attached hydrogen (secondary N) is 1. The average Bonchev–Trinajstić information content (AvgIpc) is 2.84. The first-order valence-corrected chi connectivity index (χ1v) is 8.01. The molecule has 0 spiro atoms. The van der Waals surface area contributed by atoms with Crippen molar-refractivity contribution in [2.75, 3.05) is 0 Å². The fraction of sp³-hybridized carbons (Fsp3) is 0.118. The lowest BCUT2D eigenvalue weighted by Gasteiger charge is -2.04. The maximum Gasteiger partial charge on any atom is 0.293 e. The molecule has 1 amide bonds. The molecule has 0 radical (unpaired) electrons. The zero-order valence-corrected chi connectivity index (χ0v) is 14.7. The summed E-state index contributed by atoms with van der Waals surface area (Å²) in [5, 5.41) is 20.0. The number of nitrogens with zero attached hydrogens (tertiary/aromatic N) is 3. The number of benzene rings is 2. The number of phenols is 1. The van der Waals surface area contributed by atoms with E-state index in [1.165, 1.54) is 6.21 Å². The molecule has 1 heterocycles. The normalized spacial score (nSPS) is 11.3. The first-order chi connectivity index (χ1) is 11.5. The molecule has 2 aromatic carbocycles. The molecular formula is C17H15BrN4O2. The van der Waals surface area contributed by atoms with Crippen molar-refractivity contribution in [3.63, 3.8) is 0 Å². The van der Waals surface area contributed by atoms with Crippen LogP contribution in [-0.4, -0.2) is 27.0 Å². The zero-order valence-electron chi connectivity index (χ0n) is 13.1. The van der Waals surface area contributed by atoms with Gasteiger partial charge in [0.15, 0.2) is 5.69 Å². The van der Waals surface area contributed by atoms with Gasteiger partial charge >= 0.3 is 0 Å². The highest BCUT2D eigenvalue weighted by atomic mass is 79.9. The molecule has 1 aromatic heterocycles. The Hall–Kier alpha value is -2.67. The first-order valence-electron chi connectivity index (χ1n) is 7.22. The third-order valence-corrected chi connectivity index (χ3v) is 4.73. The molecule has 3 rings (SSSR count). The van der Waals surface area contributed by atoms with Crippen LogP contribution in [0.5, 0.6) is 5.75 Å². The minimum atomic E-state index is -0.429. The van der Waals surface area contributed by atoms with Gasteiger partial charge in [0.05, 0.1) is 16.4 Å². The molecular weight excluding hydrogens is 372 g/mol. The number of fused-ring (bicyclic) bond motifs is 1. The Kier molecular flexibility index (Phi) is 4.35. The van der Waals surface area contributed by atoms with Crippen LogP contribution < -0.4 is 5.43 Å². The maximum absolute atomic E-state index is 12.2. The van der Waals surface area contributed by atoms with Gasteiger partial charge in [-0.15, -0.1) is 0 Å². The number of rotatable bonds is 3. The summed E-state index contributed by atoms with van der Waals surface area (Å²) in [6.45, 7) is 1.85. The quantitative estimate of drug-likeness (QED) is 0.536. The summed E-state index contributed by atoms with van der Waals surface area (Å²) in [7, 11) is 1.76. The van der Waals surface area contributed by atoms with E-state index in [-0.39, 0.29) is 11.4 Å². The topological polar surface area (TPSA) is 79.5 Å². The van der Waals surface area contributed by atoms with E-state index in [4.69, 9.17) is 0 Å². The average molecular weight is 387 g/mol. The molecule has 0 aliphatic rings. The minimum Gasteiger partial charge on any atom is -0.507 e. The number of phenolic OH excluding ortho intramolecular Hbond substituents is 1. The van der Waals surface area contributed by atoms with E-state index in [1.807, 2.05) is 37.3 Å². The highest BCUT2D eigenvalue weighted by Crippen LogP contribution is 2.25. The van der Waals surface area contributed by atoms with Crippen molar-refractivity contribution < 1.29 is 9.90 Å². The van der Waals surface area contributed by atoms with Crippen molar-refractivity contribution in [1.82, 2.24) is 15.2 Å². The number of amides is 1. The van der Waals surface area contributed by atoms with Gasteiger partial charge in [-0.1, -0.05) is 30.3 Å². The van der Waals surface area contributed by atoms with Crippen LogP contribution in [0.15, 0.2) is 46.0 Å². The predicted molar refractivity (Wildman–Crippen MR) is 96.3 cm³/mol. The van der Waals surface area contributed by atoms with Gasteiger partial charge in [-0.2, -0.15) is 10.2 Å². The molecule has 0 fully saturated rings. The molecule has 0 bridgehead atoms. The molecule has 0 aliphatic heterocycles. The molecule has 6 nitrogen and oxygen atoms in total. The molecule has 0 saturated carbocycles. The van der Waals surface area contributed by atoms with Crippen LogP contribution in [0.25, 0.3) is 10.8 Å². The minimum absolute atomic E-state index is 0.0987. The Bertz CT molecular complexity index is 963. The lowest BCUT2D eigenvalue weighted by Crippen LogP contribution is -2.19. The second-order valence-corrected chi connectivity index (χ2v) is 6.08. The van der Waals surface area contributed by atoms with E-state index >= 15 is 0 Å². The number of hydrogen-bond donors (Lipinski definition) is 2. The van der Waals surface area contributed by atoms with E-state index in [2.05, 4.69) is 31.6 Å². The van der Waals surface area contributed by atoms with Gasteiger partial charge in [0, 0.05) is 12.6 Å². The van der Waals surface area contributed by atoms with E-state index in [0.29, 0.717) is 10.0 Å². The largest absolute Gasteiger partial charge is 0.507 e. The predicted octanol–water partition coefficient (Wildman–Crippen LogP) is 3.11. The Morgan fingerprint density at radius 1 is 1.33 bits per heavy atom. The van der Waals surface area contributed by atoms with Gasteiger partial charge < -0.3 is 5.11 Å². The highest BCUT2D eigenvalue weighted by Gasteiger charge is 2.17. The van der Waals surface area contributed by atoms with Crippen LogP contribution >= 0.6 is 15.9 Å². The second kappa shape index (κ2) is 6.45. The summed E-state index contributed by atoms with van der Waals surface area (Å²) in [6.07, 6.45) is 1.43. The van der Waals surface area contributed by atoms with Crippen molar-refractivity contribution in [1.29, 1.82) is 0 Å². The van der Waals surface area contributed by atoms with Crippen molar-refractivity contribution in [2.24, 2.45) is 12.1 Å². The van der Waals surface area contributed by atoms with Gasteiger partial charge in [-0.25, -0.2) is 5.43 Å². The van der Waals surface area contributed by atoms with Gasteiger partial charge in [0.1, 0.15) is 5.75 Å². The number of hydrogen-bond acceptors (Lipinski definition) is 4. The van der Waals surface area contributed by atoms with Crippen molar-refractivity contribution in [3.8, 4) is 5.75 Å². The number of carbonyl (C=O) groups excluding carboxylic acids is 1. The lowest BCUT2D eigenvalue weighted by molar-refractivity contribution is 0.0948. The standard InChI is InChI=1S/C17H15BrN4O2/c1-10-15(18)16(21-22(10)2)17(24)20-19-9-13-12-6-4-3-5-11(12)7-8-14(13)23/h3-9,23H,1-2H3,(H,20,24)/b19-9-. The second-order valence-electron chi connectivity index (χ2n) is 5.29. The van der Waals surface area contributed by atoms with Crippen LogP contribution in [0, 0.1) is 6.92 Å². The number of hydrazone groups is 1.